The van der Waals surface area contributed by atoms with Gasteiger partial charge in [-0.05, 0) is 45.4 Å². The third kappa shape index (κ3) is 4.38. The first kappa shape index (κ1) is 14.0. The predicted octanol–water partition coefficient (Wildman–Crippen LogP) is 4.15. The van der Waals surface area contributed by atoms with Crippen molar-refractivity contribution in [3.63, 3.8) is 0 Å². The smallest absolute Gasteiger partial charge is 0.306 e. The van der Waals surface area contributed by atoms with E-state index in [2.05, 4.69) is 5.32 Å². The molecule has 0 bridgehead atoms. The van der Waals surface area contributed by atoms with Crippen LogP contribution in [0.1, 0.15) is 44.9 Å². The number of hydrogen-bond acceptors (Lipinski definition) is 1. The molecule has 0 aromatic heterocycles. The molecule has 1 N–H and O–H groups in total. The summed E-state index contributed by atoms with van der Waals surface area (Å²) in [6.07, 6.45) is -4.26. The van der Waals surface area contributed by atoms with Crippen LogP contribution in [0.3, 0.4) is 0 Å². The molecule has 0 radical (unpaired) electrons. The standard InChI is InChI=1S/C13H18F3N/c1-9(17-12(2,3)4)10-5-7-11(8-6-10)13(14,15)16/h5-9,17H,1-4H3. The van der Waals surface area contributed by atoms with E-state index in [1.54, 1.807) is 0 Å². The summed E-state index contributed by atoms with van der Waals surface area (Å²) in [5.41, 5.74) is 0.180. The van der Waals surface area contributed by atoms with Crippen molar-refractivity contribution in [1.82, 2.24) is 5.32 Å². The van der Waals surface area contributed by atoms with Crippen LogP contribution in [0.4, 0.5) is 13.2 Å². The Morgan fingerprint density at radius 2 is 1.47 bits per heavy atom. The van der Waals surface area contributed by atoms with Crippen LogP contribution in [0.25, 0.3) is 0 Å². The van der Waals surface area contributed by atoms with Crippen LogP contribution < -0.4 is 5.32 Å². The average molecular weight is 245 g/mol. The Morgan fingerprint density at radius 3 is 1.82 bits per heavy atom. The molecule has 0 saturated carbocycles. The van der Waals surface area contributed by atoms with Gasteiger partial charge >= 0.3 is 6.18 Å². The number of halogens is 3. The first-order valence-corrected chi connectivity index (χ1v) is 5.54. The molecule has 0 saturated heterocycles. The second kappa shape index (κ2) is 4.69. The fourth-order valence-corrected chi connectivity index (χ4v) is 1.69. The van der Waals surface area contributed by atoms with Crippen LogP contribution in [0.2, 0.25) is 0 Å². The molecular weight excluding hydrogens is 227 g/mol. The van der Waals surface area contributed by atoms with Crippen molar-refractivity contribution < 1.29 is 13.2 Å². The lowest BCUT2D eigenvalue weighted by molar-refractivity contribution is -0.137. The zero-order valence-electron chi connectivity index (χ0n) is 10.5. The summed E-state index contributed by atoms with van der Waals surface area (Å²) in [6, 6.07) is 5.31. The van der Waals surface area contributed by atoms with Gasteiger partial charge in [-0.2, -0.15) is 13.2 Å². The number of benzene rings is 1. The Hall–Kier alpha value is -1.03. The Kier molecular flexibility index (Phi) is 3.87. The molecule has 1 aromatic rings. The van der Waals surface area contributed by atoms with Crippen molar-refractivity contribution in [2.75, 3.05) is 0 Å². The van der Waals surface area contributed by atoms with Crippen molar-refractivity contribution in [2.45, 2.75) is 45.5 Å². The summed E-state index contributed by atoms with van der Waals surface area (Å²) < 4.78 is 37.1. The lowest BCUT2D eigenvalue weighted by Gasteiger charge is -2.26. The van der Waals surface area contributed by atoms with Crippen molar-refractivity contribution in [2.24, 2.45) is 0 Å². The van der Waals surface area contributed by atoms with Crippen LogP contribution in [0.15, 0.2) is 24.3 Å². The maximum absolute atomic E-state index is 12.4. The third-order valence-electron chi connectivity index (χ3n) is 2.39. The van der Waals surface area contributed by atoms with E-state index in [1.165, 1.54) is 12.1 Å². The molecule has 1 nitrogen and oxygen atoms in total. The molecule has 1 rings (SSSR count). The van der Waals surface area contributed by atoms with E-state index in [-0.39, 0.29) is 11.6 Å². The first-order chi connectivity index (χ1) is 7.59. The van der Waals surface area contributed by atoms with Crippen LogP contribution in [0, 0.1) is 0 Å². The van der Waals surface area contributed by atoms with Gasteiger partial charge in [0.15, 0.2) is 0 Å². The van der Waals surface area contributed by atoms with Gasteiger partial charge in [0.05, 0.1) is 5.56 Å². The van der Waals surface area contributed by atoms with Gasteiger partial charge in [0.2, 0.25) is 0 Å². The Bertz CT molecular complexity index is 360. The summed E-state index contributed by atoms with van der Waals surface area (Å²) in [5.74, 6) is 0. The van der Waals surface area contributed by atoms with E-state index in [4.69, 9.17) is 0 Å². The molecule has 1 aromatic carbocycles. The molecule has 0 amide bonds. The monoisotopic (exact) mass is 245 g/mol. The summed E-state index contributed by atoms with van der Waals surface area (Å²) >= 11 is 0. The van der Waals surface area contributed by atoms with Gasteiger partial charge in [-0.15, -0.1) is 0 Å². The highest BCUT2D eigenvalue weighted by molar-refractivity contribution is 5.26. The van der Waals surface area contributed by atoms with Gasteiger partial charge < -0.3 is 5.32 Å². The zero-order chi connectivity index (χ0) is 13.3. The van der Waals surface area contributed by atoms with Crippen molar-refractivity contribution in [3.05, 3.63) is 35.4 Å². The lowest BCUT2D eigenvalue weighted by Crippen LogP contribution is -2.37. The minimum Gasteiger partial charge on any atom is -0.306 e. The van der Waals surface area contributed by atoms with Crippen LogP contribution in [-0.2, 0) is 6.18 Å². The summed E-state index contributed by atoms with van der Waals surface area (Å²) in [6.45, 7) is 8.00. The van der Waals surface area contributed by atoms with Crippen molar-refractivity contribution in [1.29, 1.82) is 0 Å². The van der Waals surface area contributed by atoms with Gasteiger partial charge in [0, 0.05) is 11.6 Å². The van der Waals surface area contributed by atoms with E-state index < -0.39 is 11.7 Å². The molecular formula is C13H18F3N. The van der Waals surface area contributed by atoms with Crippen LogP contribution >= 0.6 is 0 Å². The second-order valence-corrected chi connectivity index (χ2v) is 5.24. The molecule has 0 aliphatic heterocycles. The van der Waals surface area contributed by atoms with Gasteiger partial charge in [0.25, 0.3) is 0 Å². The minimum absolute atomic E-state index is 0.0253. The lowest BCUT2D eigenvalue weighted by atomic mass is 10.0. The van der Waals surface area contributed by atoms with Crippen molar-refractivity contribution >= 4 is 0 Å². The first-order valence-electron chi connectivity index (χ1n) is 5.54. The second-order valence-electron chi connectivity index (χ2n) is 5.24. The quantitative estimate of drug-likeness (QED) is 0.825. The van der Waals surface area contributed by atoms with E-state index in [9.17, 15) is 13.2 Å². The molecule has 0 fully saturated rings. The zero-order valence-corrected chi connectivity index (χ0v) is 10.5. The van der Waals surface area contributed by atoms with E-state index in [0.29, 0.717) is 0 Å². The highest BCUT2D eigenvalue weighted by Gasteiger charge is 2.30. The highest BCUT2D eigenvalue weighted by Crippen LogP contribution is 2.30. The number of alkyl halides is 3. The molecule has 1 atom stereocenters. The predicted molar refractivity (Wildman–Crippen MR) is 62.7 cm³/mol. The topological polar surface area (TPSA) is 12.0 Å². The Morgan fingerprint density at radius 1 is 1.00 bits per heavy atom. The minimum atomic E-state index is -4.26. The van der Waals surface area contributed by atoms with Gasteiger partial charge in [-0.3, -0.25) is 0 Å². The molecule has 0 aliphatic carbocycles. The molecule has 0 aliphatic rings. The molecule has 17 heavy (non-hydrogen) atoms. The molecule has 0 spiro atoms. The maximum Gasteiger partial charge on any atom is 0.416 e. The maximum atomic E-state index is 12.4. The van der Waals surface area contributed by atoms with Gasteiger partial charge in [-0.1, -0.05) is 12.1 Å². The van der Waals surface area contributed by atoms with Gasteiger partial charge in [-0.25, -0.2) is 0 Å². The molecule has 96 valence electrons. The van der Waals surface area contributed by atoms with Crippen LogP contribution in [0.5, 0.6) is 0 Å². The molecule has 0 heterocycles. The number of nitrogens with one attached hydrogen (secondary N) is 1. The summed E-state index contributed by atoms with van der Waals surface area (Å²) in [5, 5.41) is 3.31. The Balaban J connectivity index is 2.81. The van der Waals surface area contributed by atoms with E-state index in [0.717, 1.165) is 17.7 Å². The highest BCUT2D eigenvalue weighted by atomic mass is 19.4. The van der Waals surface area contributed by atoms with E-state index >= 15 is 0 Å². The fourth-order valence-electron chi connectivity index (χ4n) is 1.69. The normalized spacial score (nSPS) is 14.8. The fraction of sp³-hybridized carbons (Fsp3) is 0.538. The van der Waals surface area contributed by atoms with E-state index in [1.807, 2.05) is 27.7 Å². The Labute approximate surface area is 100 Å². The molecule has 4 heteroatoms. The van der Waals surface area contributed by atoms with Crippen molar-refractivity contribution in [3.8, 4) is 0 Å². The van der Waals surface area contributed by atoms with Crippen LogP contribution in [-0.4, -0.2) is 5.54 Å². The summed E-state index contributed by atoms with van der Waals surface area (Å²) in [7, 11) is 0. The largest absolute Gasteiger partial charge is 0.416 e. The summed E-state index contributed by atoms with van der Waals surface area (Å²) in [4.78, 5) is 0. The number of hydrogen-bond donors (Lipinski definition) is 1. The average Bonchev–Trinajstić information content (AvgIpc) is 2.14. The SMILES string of the molecule is CC(NC(C)(C)C)c1ccc(C(F)(F)F)cc1. The number of rotatable bonds is 2. The third-order valence-corrected chi connectivity index (χ3v) is 2.39. The van der Waals surface area contributed by atoms with Gasteiger partial charge in [0.1, 0.15) is 0 Å². The molecule has 1 unspecified atom stereocenters.